The minimum Gasteiger partial charge on any atom is -0.298 e. The average molecular weight is 377 g/mol. The first kappa shape index (κ1) is 17.1. The lowest BCUT2D eigenvalue weighted by Crippen LogP contribution is -2.29. The number of carbonyl (C=O) groups excluding carboxylic acids is 2. The third kappa shape index (κ3) is 2.70. The van der Waals surface area contributed by atoms with Crippen LogP contribution in [0, 0.1) is 12.8 Å². The third-order valence-electron chi connectivity index (χ3n) is 4.92. The SMILES string of the molecule is Cc1sc(-c2ccc(C(F)(F)F)cc2)nc1C1C(=O)C2=C[C@H](CC2)C1=O. The highest BCUT2D eigenvalue weighted by Gasteiger charge is 2.44. The van der Waals surface area contributed by atoms with Gasteiger partial charge in [0, 0.05) is 16.4 Å². The normalized spacial score (nSPS) is 22.7. The van der Waals surface area contributed by atoms with Gasteiger partial charge in [-0.05, 0) is 37.5 Å². The molecule has 0 aliphatic heterocycles. The van der Waals surface area contributed by atoms with E-state index >= 15 is 0 Å². The maximum Gasteiger partial charge on any atom is 0.416 e. The summed E-state index contributed by atoms with van der Waals surface area (Å²) in [6, 6.07) is 4.74. The number of thiazole rings is 1. The summed E-state index contributed by atoms with van der Waals surface area (Å²) < 4.78 is 38.1. The van der Waals surface area contributed by atoms with Crippen molar-refractivity contribution in [3.8, 4) is 10.6 Å². The van der Waals surface area contributed by atoms with Gasteiger partial charge in [-0.3, -0.25) is 9.59 Å². The first-order valence-electron chi connectivity index (χ1n) is 8.19. The number of hydrogen-bond donors (Lipinski definition) is 0. The number of nitrogens with zero attached hydrogens (tertiary/aromatic N) is 1. The Kier molecular flexibility index (Phi) is 3.87. The van der Waals surface area contributed by atoms with Gasteiger partial charge in [0.2, 0.25) is 0 Å². The van der Waals surface area contributed by atoms with Gasteiger partial charge in [0.1, 0.15) is 10.9 Å². The largest absolute Gasteiger partial charge is 0.416 e. The summed E-state index contributed by atoms with van der Waals surface area (Å²) in [5.41, 5.74) is 0.951. The average Bonchev–Trinajstić information content (AvgIpc) is 3.19. The number of Topliss-reactive ketones (excluding diaryl/α,β-unsaturated/α-hetero) is 2. The Bertz CT molecular complexity index is 941. The number of hydrogen-bond acceptors (Lipinski definition) is 4. The molecule has 1 aromatic carbocycles. The fraction of sp³-hybridized carbons (Fsp3) is 0.316. The Morgan fingerprint density at radius 2 is 1.85 bits per heavy atom. The second-order valence-electron chi connectivity index (χ2n) is 6.57. The number of alkyl halides is 3. The van der Waals surface area contributed by atoms with Crippen LogP contribution in [0.2, 0.25) is 0 Å². The van der Waals surface area contributed by atoms with Crippen LogP contribution in [-0.2, 0) is 15.8 Å². The van der Waals surface area contributed by atoms with Gasteiger partial charge in [0.25, 0.3) is 0 Å². The minimum absolute atomic E-state index is 0.122. The van der Waals surface area contributed by atoms with E-state index in [4.69, 9.17) is 0 Å². The molecular formula is C19H14F3NO2S. The van der Waals surface area contributed by atoms with E-state index in [2.05, 4.69) is 4.98 Å². The Morgan fingerprint density at radius 3 is 2.50 bits per heavy atom. The number of aromatic nitrogens is 1. The van der Waals surface area contributed by atoms with E-state index in [0.29, 0.717) is 34.7 Å². The molecule has 1 aromatic heterocycles. The standard InChI is InChI=1S/C19H14F3NO2S/c1-9-15(14-16(24)11-2-3-12(8-11)17(14)25)23-18(26-9)10-4-6-13(7-5-10)19(20,21)22/h4-8,11,14H,2-3H2,1H3/t11-,14?/m0/s1. The zero-order chi connectivity index (χ0) is 18.6. The molecule has 0 radical (unpaired) electrons. The highest BCUT2D eigenvalue weighted by molar-refractivity contribution is 7.15. The van der Waals surface area contributed by atoms with E-state index in [1.54, 1.807) is 13.0 Å². The number of ketones is 2. The quantitative estimate of drug-likeness (QED) is 0.712. The van der Waals surface area contributed by atoms with Gasteiger partial charge in [-0.25, -0.2) is 4.98 Å². The van der Waals surface area contributed by atoms with Crippen molar-refractivity contribution in [3.63, 3.8) is 0 Å². The summed E-state index contributed by atoms with van der Waals surface area (Å²) in [6.07, 6.45) is -1.33. The van der Waals surface area contributed by atoms with Crippen LogP contribution >= 0.6 is 11.3 Å². The molecule has 2 aromatic rings. The summed E-state index contributed by atoms with van der Waals surface area (Å²) in [5, 5.41) is 0.513. The number of aryl methyl sites for hydroxylation is 1. The van der Waals surface area contributed by atoms with E-state index in [1.165, 1.54) is 23.5 Å². The Balaban J connectivity index is 1.69. The molecule has 4 rings (SSSR count). The van der Waals surface area contributed by atoms with Crippen molar-refractivity contribution in [2.45, 2.75) is 31.9 Å². The van der Waals surface area contributed by atoms with Crippen molar-refractivity contribution in [2.75, 3.05) is 0 Å². The van der Waals surface area contributed by atoms with E-state index in [1.807, 2.05) is 0 Å². The van der Waals surface area contributed by atoms with Gasteiger partial charge < -0.3 is 0 Å². The van der Waals surface area contributed by atoms with Crippen LogP contribution in [0.25, 0.3) is 10.6 Å². The topological polar surface area (TPSA) is 47.0 Å². The number of rotatable bonds is 2. The molecule has 0 saturated heterocycles. The second kappa shape index (κ2) is 5.87. The molecule has 2 aliphatic rings. The van der Waals surface area contributed by atoms with E-state index in [9.17, 15) is 22.8 Å². The Hall–Kier alpha value is -2.28. The van der Waals surface area contributed by atoms with Crippen LogP contribution < -0.4 is 0 Å². The minimum atomic E-state index is -4.39. The maximum atomic E-state index is 12.7. The Labute approximate surface area is 151 Å². The molecule has 3 nitrogen and oxygen atoms in total. The van der Waals surface area contributed by atoms with E-state index in [-0.39, 0.29) is 17.5 Å². The van der Waals surface area contributed by atoms with Gasteiger partial charge in [-0.1, -0.05) is 18.2 Å². The molecule has 0 saturated carbocycles. The molecule has 0 amide bonds. The lowest BCUT2D eigenvalue weighted by molar-refractivity contribution is -0.137. The van der Waals surface area contributed by atoms with Crippen LogP contribution in [0.4, 0.5) is 13.2 Å². The molecule has 134 valence electrons. The molecule has 2 bridgehead atoms. The molecule has 0 N–H and O–H groups in total. The molecule has 1 heterocycles. The van der Waals surface area contributed by atoms with Crippen LogP contribution in [0.1, 0.15) is 34.9 Å². The van der Waals surface area contributed by atoms with Crippen molar-refractivity contribution in [3.05, 3.63) is 52.0 Å². The monoisotopic (exact) mass is 377 g/mol. The van der Waals surface area contributed by atoms with Gasteiger partial charge in [-0.2, -0.15) is 13.2 Å². The van der Waals surface area contributed by atoms with Crippen molar-refractivity contribution < 1.29 is 22.8 Å². The van der Waals surface area contributed by atoms with Gasteiger partial charge in [-0.15, -0.1) is 11.3 Å². The highest BCUT2D eigenvalue weighted by Crippen LogP contribution is 2.42. The van der Waals surface area contributed by atoms with E-state index < -0.39 is 17.7 Å². The zero-order valence-electron chi connectivity index (χ0n) is 13.8. The smallest absolute Gasteiger partial charge is 0.298 e. The van der Waals surface area contributed by atoms with Crippen molar-refractivity contribution in [2.24, 2.45) is 5.92 Å². The number of fused-ring (bicyclic) bond motifs is 1. The summed E-state index contributed by atoms with van der Waals surface area (Å²) in [5.74, 6) is -1.40. The summed E-state index contributed by atoms with van der Waals surface area (Å²) in [7, 11) is 0. The van der Waals surface area contributed by atoms with Crippen LogP contribution in [-0.4, -0.2) is 16.6 Å². The summed E-state index contributed by atoms with van der Waals surface area (Å²) >= 11 is 1.29. The number of carbonyl (C=O) groups is 2. The zero-order valence-corrected chi connectivity index (χ0v) is 14.6. The van der Waals surface area contributed by atoms with Crippen LogP contribution in [0.5, 0.6) is 0 Å². The summed E-state index contributed by atoms with van der Waals surface area (Å²) in [6.45, 7) is 1.78. The van der Waals surface area contributed by atoms with Crippen LogP contribution in [0.3, 0.4) is 0 Å². The van der Waals surface area contributed by atoms with Crippen LogP contribution in [0.15, 0.2) is 35.9 Å². The highest BCUT2D eigenvalue weighted by atomic mass is 32.1. The number of allylic oxidation sites excluding steroid dienone is 2. The van der Waals surface area contributed by atoms with Gasteiger partial charge in [0.15, 0.2) is 11.6 Å². The number of halogens is 3. The Morgan fingerprint density at radius 1 is 1.15 bits per heavy atom. The second-order valence-corrected chi connectivity index (χ2v) is 7.78. The maximum absolute atomic E-state index is 12.7. The van der Waals surface area contributed by atoms with Crippen molar-refractivity contribution in [1.29, 1.82) is 0 Å². The number of benzene rings is 1. The summed E-state index contributed by atoms with van der Waals surface area (Å²) in [4.78, 5) is 30.4. The van der Waals surface area contributed by atoms with Crippen molar-refractivity contribution in [1.82, 2.24) is 4.98 Å². The molecule has 1 unspecified atom stereocenters. The lowest BCUT2D eigenvalue weighted by atomic mass is 9.82. The van der Waals surface area contributed by atoms with Gasteiger partial charge in [0.05, 0.1) is 11.3 Å². The van der Waals surface area contributed by atoms with E-state index in [0.717, 1.165) is 17.0 Å². The first-order valence-corrected chi connectivity index (χ1v) is 9.01. The molecule has 2 aliphatic carbocycles. The fourth-order valence-corrected chi connectivity index (χ4v) is 4.50. The van der Waals surface area contributed by atoms with Crippen molar-refractivity contribution >= 4 is 22.9 Å². The molecule has 2 atom stereocenters. The lowest BCUT2D eigenvalue weighted by Gasteiger charge is -2.19. The van der Waals surface area contributed by atoms with Gasteiger partial charge >= 0.3 is 6.18 Å². The third-order valence-corrected chi connectivity index (χ3v) is 5.96. The molecule has 26 heavy (non-hydrogen) atoms. The molecular weight excluding hydrogens is 363 g/mol. The first-order chi connectivity index (χ1) is 12.3. The molecule has 0 fully saturated rings. The predicted molar refractivity (Wildman–Crippen MR) is 90.9 cm³/mol. The fourth-order valence-electron chi connectivity index (χ4n) is 3.54. The molecule has 0 spiro atoms. The molecule has 7 heteroatoms. The predicted octanol–water partition coefficient (Wildman–Crippen LogP) is 4.71.